The lowest BCUT2D eigenvalue weighted by molar-refractivity contribution is -0.151. The molecule has 0 aliphatic carbocycles. The van der Waals surface area contributed by atoms with Crippen LogP contribution in [0.1, 0.15) is 40.0 Å². The Morgan fingerprint density at radius 3 is 2.24 bits per heavy atom. The molecule has 8 nitrogen and oxygen atoms in total. The van der Waals surface area contributed by atoms with Crippen LogP contribution in [0.25, 0.3) is 0 Å². The van der Waals surface area contributed by atoms with Crippen LogP contribution >= 0.6 is 0 Å². The largest absolute Gasteiger partial charge is 0.481 e. The molecule has 0 atom stereocenters. The van der Waals surface area contributed by atoms with Gasteiger partial charge in [0.15, 0.2) is 0 Å². The van der Waals surface area contributed by atoms with Crippen molar-refractivity contribution >= 4 is 22.3 Å². The van der Waals surface area contributed by atoms with Gasteiger partial charge in [0.05, 0.1) is 11.5 Å². The van der Waals surface area contributed by atoms with Crippen LogP contribution < -0.4 is 4.72 Å². The van der Waals surface area contributed by atoms with Crippen LogP contribution in [0.2, 0.25) is 0 Å². The Bertz CT molecular complexity index is 494. The average Bonchev–Trinajstić information content (AvgIpc) is 2.36. The van der Waals surface area contributed by atoms with E-state index in [0.29, 0.717) is 6.42 Å². The highest BCUT2D eigenvalue weighted by Gasteiger charge is 2.42. The quantitative estimate of drug-likeness (QED) is 0.779. The molecule has 0 aromatic carbocycles. The van der Waals surface area contributed by atoms with E-state index in [1.807, 2.05) is 4.72 Å². The monoisotopic (exact) mass is 322 g/mol. The van der Waals surface area contributed by atoms with Gasteiger partial charge >= 0.3 is 22.3 Å². The molecule has 9 heteroatoms. The van der Waals surface area contributed by atoms with Crippen molar-refractivity contribution in [3.63, 3.8) is 0 Å². The van der Waals surface area contributed by atoms with Crippen molar-refractivity contribution in [1.29, 1.82) is 0 Å². The predicted octanol–water partition coefficient (Wildman–Crippen LogP) is 0.943. The molecule has 1 amide bonds. The third-order valence-corrected chi connectivity index (χ3v) is 5.17. The van der Waals surface area contributed by atoms with Crippen LogP contribution in [0, 0.1) is 5.41 Å². The lowest BCUT2D eigenvalue weighted by Gasteiger charge is -2.37. The van der Waals surface area contributed by atoms with Crippen molar-refractivity contribution in [2.24, 2.45) is 5.41 Å². The Balaban J connectivity index is 2.68. The number of rotatable bonds is 5. The summed E-state index contributed by atoms with van der Waals surface area (Å²) in [6.07, 6.45) is -0.575. The molecule has 0 aromatic heterocycles. The van der Waals surface area contributed by atoms with Crippen molar-refractivity contribution < 1.29 is 27.9 Å². The molecule has 0 bridgehead atoms. The number of ether oxygens (including phenoxy) is 1. The molecular formula is C12H22N2O6S. The summed E-state index contributed by atoms with van der Waals surface area (Å²) in [4.78, 5) is 22.7. The van der Waals surface area contributed by atoms with Crippen LogP contribution in [0.4, 0.5) is 4.79 Å². The van der Waals surface area contributed by atoms with E-state index >= 15 is 0 Å². The average molecular weight is 322 g/mol. The normalized spacial score (nSPS) is 19.2. The fraction of sp³-hybridized carbons (Fsp3) is 0.833. The zero-order valence-corrected chi connectivity index (χ0v) is 13.3. The molecule has 1 saturated heterocycles. The fourth-order valence-electron chi connectivity index (χ4n) is 2.28. The molecule has 2 N–H and O–H groups in total. The van der Waals surface area contributed by atoms with Crippen molar-refractivity contribution in [2.45, 2.75) is 46.1 Å². The van der Waals surface area contributed by atoms with Gasteiger partial charge in [0, 0.05) is 13.1 Å². The molecule has 0 unspecified atom stereocenters. The minimum absolute atomic E-state index is 0.0600. The molecule has 0 spiro atoms. The third-order valence-electron chi connectivity index (χ3n) is 3.70. The van der Waals surface area contributed by atoms with E-state index in [4.69, 9.17) is 4.74 Å². The predicted molar refractivity (Wildman–Crippen MR) is 74.8 cm³/mol. The standard InChI is InChI=1S/C12H22N2O6S/c1-4-12(10(15)16)5-7-14(8-6-12)21(18,19)13-11(17)20-9(2)3/h9H,4-8H2,1-3H3,(H,13,17)(H,15,16). The molecule has 0 aromatic rings. The van der Waals surface area contributed by atoms with Gasteiger partial charge in [0.2, 0.25) is 0 Å². The topological polar surface area (TPSA) is 113 Å². The van der Waals surface area contributed by atoms with Crippen LogP contribution in [0.15, 0.2) is 0 Å². The highest BCUT2D eigenvalue weighted by molar-refractivity contribution is 7.87. The molecule has 0 radical (unpaired) electrons. The number of carboxylic acids is 1. The molecular weight excluding hydrogens is 300 g/mol. The van der Waals surface area contributed by atoms with E-state index in [1.165, 1.54) is 0 Å². The van der Waals surface area contributed by atoms with Gasteiger partial charge in [-0.25, -0.2) is 9.52 Å². The summed E-state index contributed by atoms with van der Waals surface area (Å²) in [5.41, 5.74) is -0.884. The first kappa shape index (κ1) is 17.7. The van der Waals surface area contributed by atoms with E-state index in [2.05, 4.69) is 0 Å². The number of nitrogens with one attached hydrogen (secondary N) is 1. The zero-order valence-electron chi connectivity index (χ0n) is 12.5. The van der Waals surface area contributed by atoms with Crippen LogP contribution in [0.5, 0.6) is 0 Å². The Morgan fingerprint density at radius 1 is 1.33 bits per heavy atom. The number of aliphatic carboxylic acids is 1. The summed E-state index contributed by atoms with van der Waals surface area (Å²) in [6.45, 7) is 5.11. The number of carbonyl (C=O) groups is 2. The SMILES string of the molecule is CCC1(C(=O)O)CCN(S(=O)(=O)NC(=O)OC(C)C)CC1. The number of carboxylic acid groups (broad SMARTS) is 1. The summed E-state index contributed by atoms with van der Waals surface area (Å²) < 4.78 is 31.7. The molecule has 1 fully saturated rings. The minimum Gasteiger partial charge on any atom is -0.481 e. The Hall–Kier alpha value is -1.35. The highest BCUT2D eigenvalue weighted by Crippen LogP contribution is 2.35. The Kier molecular flexibility index (Phi) is 5.57. The van der Waals surface area contributed by atoms with Gasteiger partial charge in [-0.15, -0.1) is 0 Å². The lowest BCUT2D eigenvalue weighted by Crippen LogP contribution is -2.51. The van der Waals surface area contributed by atoms with Gasteiger partial charge in [0.1, 0.15) is 0 Å². The summed E-state index contributed by atoms with van der Waals surface area (Å²) in [7, 11) is -4.00. The zero-order chi connectivity index (χ0) is 16.3. The van der Waals surface area contributed by atoms with Crippen molar-refractivity contribution in [1.82, 2.24) is 9.03 Å². The maximum absolute atomic E-state index is 12.0. The first-order valence-electron chi connectivity index (χ1n) is 6.85. The number of nitrogens with zero attached hydrogens (tertiary/aromatic N) is 1. The molecule has 0 saturated carbocycles. The number of carbonyl (C=O) groups excluding carboxylic acids is 1. The Labute approximate surface area is 124 Å². The van der Waals surface area contributed by atoms with Crippen molar-refractivity contribution in [3.8, 4) is 0 Å². The highest BCUT2D eigenvalue weighted by atomic mass is 32.2. The Morgan fingerprint density at radius 2 is 1.86 bits per heavy atom. The van der Waals surface area contributed by atoms with Gasteiger partial charge in [-0.2, -0.15) is 12.7 Å². The third kappa shape index (κ3) is 4.31. The second-order valence-electron chi connectivity index (χ2n) is 5.40. The molecule has 1 aliphatic heterocycles. The van der Waals surface area contributed by atoms with Gasteiger partial charge < -0.3 is 9.84 Å². The first-order chi connectivity index (χ1) is 9.63. The number of hydrogen-bond donors (Lipinski definition) is 2. The van der Waals surface area contributed by atoms with Crippen molar-refractivity contribution in [2.75, 3.05) is 13.1 Å². The maximum atomic E-state index is 12.0. The number of piperidine rings is 1. The van der Waals surface area contributed by atoms with Crippen LogP contribution in [-0.4, -0.2) is 49.1 Å². The second-order valence-corrected chi connectivity index (χ2v) is 7.07. The first-order valence-corrected chi connectivity index (χ1v) is 8.29. The van der Waals surface area contributed by atoms with Gasteiger partial charge in [-0.1, -0.05) is 6.92 Å². The van der Waals surface area contributed by atoms with Gasteiger partial charge in [0.25, 0.3) is 0 Å². The van der Waals surface area contributed by atoms with Gasteiger partial charge in [-0.05, 0) is 33.1 Å². The molecule has 21 heavy (non-hydrogen) atoms. The van der Waals surface area contributed by atoms with E-state index in [0.717, 1.165) is 4.31 Å². The van der Waals surface area contributed by atoms with E-state index in [9.17, 15) is 23.1 Å². The van der Waals surface area contributed by atoms with E-state index < -0.39 is 33.8 Å². The summed E-state index contributed by atoms with van der Waals surface area (Å²) in [6, 6.07) is 0. The lowest BCUT2D eigenvalue weighted by atomic mass is 9.77. The number of amides is 1. The smallest absolute Gasteiger partial charge is 0.422 e. The summed E-state index contributed by atoms with van der Waals surface area (Å²) >= 11 is 0. The molecule has 1 heterocycles. The fourth-order valence-corrected chi connectivity index (χ4v) is 3.33. The van der Waals surface area contributed by atoms with Crippen LogP contribution in [-0.2, 0) is 19.7 Å². The van der Waals surface area contributed by atoms with Gasteiger partial charge in [-0.3, -0.25) is 4.79 Å². The minimum atomic E-state index is -4.00. The van der Waals surface area contributed by atoms with E-state index in [-0.39, 0.29) is 25.9 Å². The maximum Gasteiger partial charge on any atom is 0.422 e. The summed E-state index contributed by atoms with van der Waals surface area (Å²) in [5, 5.41) is 9.26. The van der Waals surface area contributed by atoms with Crippen LogP contribution in [0.3, 0.4) is 0 Å². The molecule has 1 aliphatic rings. The van der Waals surface area contributed by atoms with E-state index in [1.54, 1.807) is 20.8 Å². The van der Waals surface area contributed by atoms with Crippen molar-refractivity contribution in [3.05, 3.63) is 0 Å². The molecule has 122 valence electrons. The number of hydrogen-bond acceptors (Lipinski definition) is 5. The molecule has 1 rings (SSSR count). The summed E-state index contributed by atoms with van der Waals surface area (Å²) in [5.74, 6) is -0.908. The second kappa shape index (κ2) is 6.61.